The van der Waals surface area contributed by atoms with Crippen LogP contribution in [0.2, 0.25) is 5.02 Å². The molecule has 0 saturated carbocycles. The molecule has 0 spiro atoms. The first-order chi connectivity index (χ1) is 11.6. The van der Waals surface area contributed by atoms with E-state index < -0.39 is 5.97 Å². The fourth-order valence-electron chi connectivity index (χ4n) is 2.22. The number of carbonyl (C=O) groups excluding carboxylic acids is 1. The molecular formula is C18H14ClNO4. The second-order valence-corrected chi connectivity index (χ2v) is 5.43. The van der Waals surface area contributed by atoms with E-state index in [0.29, 0.717) is 27.6 Å². The van der Waals surface area contributed by atoms with Crippen LogP contribution in [-0.2, 0) is 9.53 Å². The Morgan fingerprint density at radius 1 is 1.08 bits per heavy atom. The van der Waals surface area contributed by atoms with Gasteiger partial charge in [0.1, 0.15) is 11.5 Å². The van der Waals surface area contributed by atoms with Crippen LogP contribution in [0.15, 0.2) is 53.2 Å². The highest BCUT2D eigenvalue weighted by Crippen LogP contribution is 2.26. The molecule has 2 aromatic rings. The molecule has 0 radical (unpaired) electrons. The third-order valence-electron chi connectivity index (χ3n) is 3.37. The molecule has 1 aliphatic rings. The average molecular weight is 344 g/mol. The van der Waals surface area contributed by atoms with E-state index in [0.717, 1.165) is 0 Å². The molecule has 6 heteroatoms. The fraction of sp³-hybridized carbons (Fsp3) is 0.111. The van der Waals surface area contributed by atoms with Gasteiger partial charge in [0.2, 0.25) is 5.90 Å². The zero-order valence-electron chi connectivity index (χ0n) is 13.1. The maximum absolute atomic E-state index is 12.1. The van der Waals surface area contributed by atoms with Crippen LogP contribution in [0.3, 0.4) is 0 Å². The maximum Gasteiger partial charge on any atom is 0.363 e. The van der Waals surface area contributed by atoms with Gasteiger partial charge in [-0.25, -0.2) is 9.79 Å². The maximum atomic E-state index is 12.1. The van der Waals surface area contributed by atoms with Gasteiger partial charge in [-0.3, -0.25) is 0 Å². The number of methoxy groups -OCH3 is 2. The van der Waals surface area contributed by atoms with Gasteiger partial charge in [0.05, 0.1) is 14.2 Å². The van der Waals surface area contributed by atoms with Crippen molar-refractivity contribution >= 4 is 29.5 Å². The summed E-state index contributed by atoms with van der Waals surface area (Å²) in [4.78, 5) is 16.3. The van der Waals surface area contributed by atoms with Gasteiger partial charge < -0.3 is 14.2 Å². The van der Waals surface area contributed by atoms with Gasteiger partial charge in [0, 0.05) is 16.7 Å². The summed E-state index contributed by atoms with van der Waals surface area (Å²) in [5.74, 6) is 0.939. The van der Waals surface area contributed by atoms with Crippen molar-refractivity contribution in [3.05, 3.63) is 64.3 Å². The van der Waals surface area contributed by atoms with Gasteiger partial charge in [0.15, 0.2) is 5.70 Å². The van der Waals surface area contributed by atoms with Crippen molar-refractivity contribution in [1.82, 2.24) is 0 Å². The molecule has 5 nitrogen and oxygen atoms in total. The predicted octanol–water partition coefficient (Wildman–Crippen LogP) is 3.70. The number of hydrogen-bond donors (Lipinski definition) is 0. The third kappa shape index (κ3) is 3.41. The molecule has 0 atom stereocenters. The van der Waals surface area contributed by atoms with Crippen LogP contribution in [0.25, 0.3) is 6.08 Å². The monoisotopic (exact) mass is 343 g/mol. The quantitative estimate of drug-likeness (QED) is 0.627. The number of aliphatic imine (C=N–C) groups is 1. The second kappa shape index (κ2) is 6.76. The Hall–Kier alpha value is -2.79. The summed E-state index contributed by atoms with van der Waals surface area (Å²) >= 11 is 5.95. The average Bonchev–Trinajstić information content (AvgIpc) is 2.95. The minimum absolute atomic E-state index is 0.195. The van der Waals surface area contributed by atoms with E-state index in [1.54, 1.807) is 62.8 Å². The lowest BCUT2D eigenvalue weighted by Gasteiger charge is -2.05. The van der Waals surface area contributed by atoms with E-state index in [1.807, 2.05) is 0 Å². The molecule has 0 N–H and O–H groups in total. The Bertz CT molecular complexity index is 836. The summed E-state index contributed by atoms with van der Waals surface area (Å²) in [5.41, 5.74) is 1.55. The first-order valence-corrected chi connectivity index (χ1v) is 7.48. The van der Waals surface area contributed by atoms with Crippen molar-refractivity contribution in [3.63, 3.8) is 0 Å². The van der Waals surface area contributed by atoms with Gasteiger partial charge in [-0.15, -0.1) is 0 Å². The number of benzene rings is 2. The second-order valence-electron chi connectivity index (χ2n) is 4.99. The number of ether oxygens (including phenoxy) is 3. The highest BCUT2D eigenvalue weighted by atomic mass is 35.5. The fourth-order valence-corrected chi connectivity index (χ4v) is 2.42. The van der Waals surface area contributed by atoms with E-state index in [1.165, 1.54) is 0 Å². The molecule has 0 aliphatic carbocycles. The lowest BCUT2D eigenvalue weighted by molar-refractivity contribution is -0.129. The van der Waals surface area contributed by atoms with Crippen LogP contribution < -0.4 is 9.47 Å². The molecule has 3 rings (SSSR count). The van der Waals surface area contributed by atoms with Gasteiger partial charge in [-0.1, -0.05) is 17.7 Å². The van der Waals surface area contributed by atoms with E-state index >= 15 is 0 Å². The summed E-state index contributed by atoms with van der Waals surface area (Å²) < 4.78 is 15.7. The Morgan fingerprint density at radius 3 is 2.42 bits per heavy atom. The van der Waals surface area contributed by atoms with Crippen LogP contribution in [-0.4, -0.2) is 26.1 Å². The Labute approximate surface area is 144 Å². The van der Waals surface area contributed by atoms with Gasteiger partial charge in [-0.2, -0.15) is 0 Å². The summed E-state index contributed by atoms with van der Waals surface area (Å²) in [5, 5.41) is 0.543. The van der Waals surface area contributed by atoms with E-state index in [2.05, 4.69) is 4.99 Å². The Morgan fingerprint density at radius 2 is 1.79 bits per heavy atom. The van der Waals surface area contributed by atoms with E-state index in [9.17, 15) is 4.79 Å². The largest absolute Gasteiger partial charge is 0.497 e. The summed E-state index contributed by atoms with van der Waals surface area (Å²) in [7, 11) is 3.12. The van der Waals surface area contributed by atoms with E-state index in [4.69, 9.17) is 25.8 Å². The first-order valence-electron chi connectivity index (χ1n) is 7.10. The van der Waals surface area contributed by atoms with E-state index in [-0.39, 0.29) is 11.6 Å². The topological polar surface area (TPSA) is 57.1 Å². The van der Waals surface area contributed by atoms with Crippen molar-refractivity contribution in [1.29, 1.82) is 0 Å². The zero-order valence-corrected chi connectivity index (χ0v) is 13.8. The van der Waals surface area contributed by atoms with Gasteiger partial charge in [0.25, 0.3) is 0 Å². The predicted molar refractivity (Wildman–Crippen MR) is 91.6 cm³/mol. The van der Waals surface area contributed by atoms with Crippen molar-refractivity contribution in [3.8, 4) is 11.5 Å². The van der Waals surface area contributed by atoms with Gasteiger partial charge >= 0.3 is 5.97 Å². The minimum atomic E-state index is -0.522. The molecule has 24 heavy (non-hydrogen) atoms. The SMILES string of the molecule is COc1cc(/C=C2\N=C(c3cccc(Cl)c3)OC2=O)cc(OC)c1. The minimum Gasteiger partial charge on any atom is -0.497 e. The summed E-state index contributed by atoms with van der Waals surface area (Å²) in [6.45, 7) is 0. The molecule has 0 amide bonds. The molecular weight excluding hydrogens is 330 g/mol. The number of hydrogen-bond acceptors (Lipinski definition) is 5. The number of carbonyl (C=O) groups is 1. The van der Waals surface area contributed by atoms with Crippen molar-refractivity contribution in [2.75, 3.05) is 14.2 Å². The number of esters is 1. The highest BCUT2D eigenvalue weighted by molar-refractivity contribution is 6.31. The molecule has 122 valence electrons. The number of nitrogens with zero attached hydrogens (tertiary/aromatic N) is 1. The Balaban J connectivity index is 1.97. The molecule has 0 saturated heterocycles. The Kier molecular flexibility index (Phi) is 4.53. The van der Waals surface area contributed by atoms with Crippen LogP contribution in [0.5, 0.6) is 11.5 Å². The van der Waals surface area contributed by atoms with Crippen molar-refractivity contribution < 1.29 is 19.0 Å². The lowest BCUT2D eigenvalue weighted by Crippen LogP contribution is -2.05. The first kappa shape index (κ1) is 16.1. The van der Waals surface area contributed by atoms with Crippen molar-refractivity contribution in [2.24, 2.45) is 4.99 Å². The third-order valence-corrected chi connectivity index (χ3v) is 3.60. The number of rotatable bonds is 4. The standard InChI is InChI=1S/C18H14ClNO4/c1-22-14-6-11(7-15(10-14)23-2)8-16-18(21)24-17(20-16)12-4-3-5-13(19)9-12/h3-10H,1-2H3/b16-8-. The molecule has 0 fully saturated rings. The molecule has 0 unspecified atom stereocenters. The number of halogens is 1. The van der Waals surface area contributed by atoms with Crippen LogP contribution in [0.4, 0.5) is 0 Å². The van der Waals surface area contributed by atoms with Crippen LogP contribution >= 0.6 is 11.6 Å². The molecule has 0 aromatic heterocycles. The summed E-state index contributed by atoms with van der Waals surface area (Å²) in [6.07, 6.45) is 1.62. The molecule has 1 heterocycles. The molecule has 2 aromatic carbocycles. The zero-order chi connectivity index (χ0) is 17.1. The van der Waals surface area contributed by atoms with Gasteiger partial charge in [-0.05, 0) is 42.0 Å². The number of cyclic esters (lactones) is 1. The smallest absolute Gasteiger partial charge is 0.363 e. The highest BCUT2D eigenvalue weighted by Gasteiger charge is 2.24. The lowest BCUT2D eigenvalue weighted by atomic mass is 10.1. The molecule has 1 aliphatic heterocycles. The van der Waals surface area contributed by atoms with Crippen molar-refractivity contribution in [2.45, 2.75) is 0 Å². The normalized spacial score (nSPS) is 15.2. The van der Waals surface area contributed by atoms with Crippen LogP contribution in [0.1, 0.15) is 11.1 Å². The molecule has 0 bridgehead atoms. The summed E-state index contributed by atoms with van der Waals surface area (Å²) in [6, 6.07) is 12.3. The van der Waals surface area contributed by atoms with Crippen LogP contribution in [0, 0.1) is 0 Å².